The first-order valence-corrected chi connectivity index (χ1v) is 10.4. The number of halogens is 1. The van der Waals surface area contributed by atoms with E-state index in [0.29, 0.717) is 16.1 Å². The summed E-state index contributed by atoms with van der Waals surface area (Å²) in [6.45, 7) is 8.52. The first-order valence-electron chi connectivity index (χ1n) is 8.59. The van der Waals surface area contributed by atoms with Gasteiger partial charge in [0.1, 0.15) is 0 Å². The molecule has 0 unspecified atom stereocenters. The standard InChI is InChI=1S/C20H21ClN2O3S/c1-5-23-14(4)12(2)16-11-15(9-10-18(16)23)20(24)22-27(25,26)19-8-6-7-17(21)13(19)3/h6-11H,5H2,1-4H3,(H,22,24). The Morgan fingerprint density at radius 3 is 2.48 bits per heavy atom. The van der Waals surface area contributed by atoms with Gasteiger partial charge in [-0.25, -0.2) is 13.1 Å². The van der Waals surface area contributed by atoms with Crippen LogP contribution >= 0.6 is 11.6 Å². The lowest BCUT2D eigenvalue weighted by Crippen LogP contribution is -2.31. The number of aromatic nitrogens is 1. The van der Waals surface area contributed by atoms with Crippen molar-refractivity contribution >= 4 is 38.4 Å². The van der Waals surface area contributed by atoms with E-state index in [9.17, 15) is 13.2 Å². The first-order chi connectivity index (χ1) is 12.7. The number of carbonyl (C=O) groups excluding carboxylic acids is 1. The maximum absolute atomic E-state index is 12.6. The van der Waals surface area contributed by atoms with Gasteiger partial charge in [0.05, 0.1) is 4.90 Å². The zero-order valence-corrected chi connectivity index (χ0v) is 17.2. The van der Waals surface area contributed by atoms with Crippen molar-refractivity contribution in [1.82, 2.24) is 9.29 Å². The van der Waals surface area contributed by atoms with E-state index in [0.717, 1.165) is 28.7 Å². The summed E-state index contributed by atoms with van der Waals surface area (Å²) in [5.74, 6) is -0.669. The normalized spacial score (nSPS) is 11.7. The number of carbonyl (C=O) groups is 1. The van der Waals surface area contributed by atoms with Crippen LogP contribution in [0.1, 0.15) is 34.1 Å². The maximum Gasteiger partial charge on any atom is 0.265 e. The van der Waals surface area contributed by atoms with Crippen LogP contribution in [0, 0.1) is 20.8 Å². The predicted molar refractivity (Wildman–Crippen MR) is 108 cm³/mol. The molecule has 2 aromatic carbocycles. The molecule has 1 amide bonds. The highest BCUT2D eigenvalue weighted by atomic mass is 35.5. The quantitative estimate of drug-likeness (QED) is 0.702. The summed E-state index contributed by atoms with van der Waals surface area (Å²) in [6.07, 6.45) is 0. The summed E-state index contributed by atoms with van der Waals surface area (Å²) in [5.41, 5.74) is 3.93. The largest absolute Gasteiger partial charge is 0.345 e. The lowest BCUT2D eigenvalue weighted by molar-refractivity contribution is 0.0981. The average Bonchev–Trinajstić information content (AvgIpc) is 2.86. The van der Waals surface area contributed by atoms with E-state index >= 15 is 0 Å². The topological polar surface area (TPSA) is 68.2 Å². The summed E-state index contributed by atoms with van der Waals surface area (Å²) < 4.78 is 29.6. The van der Waals surface area contributed by atoms with Gasteiger partial charge in [-0.3, -0.25) is 4.79 Å². The van der Waals surface area contributed by atoms with Crippen LogP contribution in [0.5, 0.6) is 0 Å². The van der Waals surface area contributed by atoms with Gasteiger partial charge in [0.2, 0.25) is 0 Å². The van der Waals surface area contributed by atoms with Crippen molar-refractivity contribution in [3.63, 3.8) is 0 Å². The van der Waals surface area contributed by atoms with Crippen molar-refractivity contribution in [2.75, 3.05) is 0 Å². The van der Waals surface area contributed by atoms with Gasteiger partial charge < -0.3 is 4.57 Å². The van der Waals surface area contributed by atoms with Gasteiger partial charge in [0, 0.05) is 33.7 Å². The number of sulfonamides is 1. The third kappa shape index (κ3) is 3.35. The van der Waals surface area contributed by atoms with Crippen LogP contribution in [0.2, 0.25) is 5.02 Å². The highest BCUT2D eigenvalue weighted by Crippen LogP contribution is 2.27. The minimum atomic E-state index is -4.02. The van der Waals surface area contributed by atoms with Gasteiger partial charge in [0.15, 0.2) is 0 Å². The summed E-state index contributed by atoms with van der Waals surface area (Å²) in [7, 11) is -4.02. The van der Waals surface area contributed by atoms with Crippen molar-refractivity contribution in [3.8, 4) is 0 Å². The molecule has 0 aliphatic heterocycles. The van der Waals surface area contributed by atoms with E-state index in [-0.39, 0.29) is 4.90 Å². The number of aryl methyl sites for hydroxylation is 2. The molecule has 1 aromatic heterocycles. The number of benzene rings is 2. The maximum atomic E-state index is 12.6. The molecule has 0 fully saturated rings. The van der Waals surface area contributed by atoms with E-state index in [1.807, 2.05) is 19.9 Å². The van der Waals surface area contributed by atoms with E-state index in [4.69, 9.17) is 11.6 Å². The summed E-state index contributed by atoms with van der Waals surface area (Å²) in [4.78, 5) is 12.6. The number of amides is 1. The fraction of sp³-hybridized carbons (Fsp3) is 0.250. The van der Waals surface area contributed by atoms with E-state index in [1.54, 1.807) is 31.2 Å². The Morgan fingerprint density at radius 2 is 1.81 bits per heavy atom. The predicted octanol–water partition coefficient (Wildman–Crippen LogP) is 4.36. The van der Waals surface area contributed by atoms with Crippen molar-refractivity contribution in [2.45, 2.75) is 39.1 Å². The highest BCUT2D eigenvalue weighted by molar-refractivity contribution is 7.90. The van der Waals surface area contributed by atoms with E-state index in [2.05, 4.69) is 16.2 Å². The Morgan fingerprint density at radius 1 is 1.11 bits per heavy atom. The highest BCUT2D eigenvalue weighted by Gasteiger charge is 2.22. The summed E-state index contributed by atoms with van der Waals surface area (Å²) >= 11 is 6.01. The summed E-state index contributed by atoms with van der Waals surface area (Å²) in [6, 6.07) is 9.80. The van der Waals surface area contributed by atoms with Gasteiger partial charge in [-0.15, -0.1) is 0 Å². The molecule has 1 heterocycles. The molecule has 0 saturated carbocycles. The second kappa shape index (κ2) is 7.02. The fourth-order valence-electron chi connectivity index (χ4n) is 3.31. The number of hydrogen-bond acceptors (Lipinski definition) is 3. The molecule has 3 rings (SSSR count). The average molecular weight is 405 g/mol. The number of nitrogens with zero attached hydrogens (tertiary/aromatic N) is 1. The Balaban J connectivity index is 1.99. The second-order valence-corrected chi connectivity index (χ2v) is 8.54. The van der Waals surface area contributed by atoms with Crippen molar-refractivity contribution < 1.29 is 13.2 Å². The van der Waals surface area contributed by atoms with Gasteiger partial charge in [0.25, 0.3) is 15.9 Å². The molecule has 0 aliphatic carbocycles. The number of hydrogen-bond donors (Lipinski definition) is 1. The lowest BCUT2D eigenvalue weighted by atomic mass is 10.1. The van der Waals surface area contributed by atoms with E-state index in [1.165, 1.54) is 6.07 Å². The number of fused-ring (bicyclic) bond motifs is 1. The third-order valence-electron chi connectivity index (χ3n) is 4.95. The number of nitrogens with one attached hydrogen (secondary N) is 1. The smallest absolute Gasteiger partial charge is 0.265 e. The second-order valence-electron chi connectivity index (χ2n) is 6.48. The molecule has 7 heteroatoms. The van der Waals surface area contributed by atoms with Crippen molar-refractivity contribution in [2.24, 2.45) is 0 Å². The minimum Gasteiger partial charge on any atom is -0.345 e. The molecule has 0 radical (unpaired) electrons. The Bertz CT molecular complexity index is 1160. The Kier molecular flexibility index (Phi) is 5.06. The molecule has 0 spiro atoms. The zero-order valence-electron chi connectivity index (χ0n) is 15.6. The van der Waals surface area contributed by atoms with Gasteiger partial charge in [-0.1, -0.05) is 17.7 Å². The van der Waals surface area contributed by atoms with Gasteiger partial charge in [-0.2, -0.15) is 0 Å². The first kappa shape index (κ1) is 19.5. The fourth-order valence-corrected chi connectivity index (χ4v) is 4.79. The molecular weight excluding hydrogens is 384 g/mol. The van der Waals surface area contributed by atoms with Crippen molar-refractivity contribution in [1.29, 1.82) is 0 Å². The van der Waals surface area contributed by atoms with Crippen LogP contribution in [0.4, 0.5) is 0 Å². The molecule has 0 aliphatic rings. The molecule has 5 nitrogen and oxygen atoms in total. The molecular formula is C20H21ClN2O3S. The van der Waals surface area contributed by atoms with Crippen LogP contribution < -0.4 is 4.72 Å². The van der Waals surface area contributed by atoms with Crippen LogP contribution in [0.15, 0.2) is 41.3 Å². The molecule has 27 heavy (non-hydrogen) atoms. The van der Waals surface area contributed by atoms with E-state index < -0.39 is 15.9 Å². The minimum absolute atomic E-state index is 0.00594. The zero-order chi connectivity index (χ0) is 19.9. The molecule has 0 bridgehead atoms. The van der Waals surface area contributed by atoms with Crippen LogP contribution in [-0.4, -0.2) is 18.9 Å². The molecule has 0 saturated heterocycles. The molecule has 142 valence electrons. The number of rotatable bonds is 4. The monoisotopic (exact) mass is 404 g/mol. The van der Waals surface area contributed by atoms with Gasteiger partial charge in [-0.05, 0) is 69.2 Å². The summed E-state index contributed by atoms with van der Waals surface area (Å²) in [5, 5.41) is 1.28. The van der Waals surface area contributed by atoms with Gasteiger partial charge >= 0.3 is 0 Å². The third-order valence-corrected chi connectivity index (χ3v) is 6.84. The Labute approximate surface area is 164 Å². The van der Waals surface area contributed by atoms with Crippen LogP contribution in [0.25, 0.3) is 10.9 Å². The molecule has 1 N–H and O–H groups in total. The molecule has 3 aromatic rings. The van der Waals surface area contributed by atoms with Crippen LogP contribution in [-0.2, 0) is 16.6 Å². The lowest BCUT2D eigenvalue weighted by Gasteiger charge is -2.10. The SMILES string of the molecule is CCn1c(C)c(C)c2cc(C(=O)NS(=O)(=O)c3cccc(Cl)c3C)ccc21. The molecule has 0 atom stereocenters. The van der Waals surface area contributed by atoms with Crippen LogP contribution in [0.3, 0.4) is 0 Å². The van der Waals surface area contributed by atoms with Crippen molar-refractivity contribution in [3.05, 3.63) is 63.8 Å². The Hall–Kier alpha value is -2.31.